The standard InChI is InChI=1S/C9H14IN3O/c1-6(14)9(2,3)13-8-7(10)4-11-5-12-8/h4-6,14H,1-3H3,(H,11,12,13). The molecule has 0 spiro atoms. The third-order valence-corrected chi connectivity index (χ3v) is 2.94. The van der Waals surface area contributed by atoms with Crippen molar-refractivity contribution in [3.8, 4) is 0 Å². The first-order valence-electron chi connectivity index (χ1n) is 4.35. The van der Waals surface area contributed by atoms with E-state index in [0.29, 0.717) is 0 Å². The molecule has 0 saturated carbocycles. The number of halogens is 1. The molecule has 1 heterocycles. The first-order chi connectivity index (χ1) is 6.43. The summed E-state index contributed by atoms with van der Waals surface area (Å²) in [6, 6.07) is 0. The first kappa shape index (κ1) is 11.6. The molecule has 1 aromatic heterocycles. The number of aliphatic hydroxyl groups is 1. The summed E-state index contributed by atoms with van der Waals surface area (Å²) in [5.41, 5.74) is -0.395. The summed E-state index contributed by atoms with van der Waals surface area (Å²) >= 11 is 2.15. The quantitative estimate of drug-likeness (QED) is 0.834. The van der Waals surface area contributed by atoms with Crippen molar-refractivity contribution in [2.75, 3.05) is 5.32 Å². The minimum atomic E-state index is -0.451. The largest absolute Gasteiger partial charge is 0.391 e. The lowest BCUT2D eigenvalue weighted by molar-refractivity contribution is 0.133. The van der Waals surface area contributed by atoms with Crippen molar-refractivity contribution in [3.63, 3.8) is 0 Å². The Morgan fingerprint density at radius 2 is 2.21 bits per heavy atom. The molecule has 78 valence electrons. The fourth-order valence-electron chi connectivity index (χ4n) is 0.814. The maximum absolute atomic E-state index is 9.52. The topological polar surface area (TPSA) is 58.0 Å². The van der Waals surface area contributed by atoms with Crippen molar-refractivity contribution in [3.05, 3.63) is 16.1 Å². The van der Waals surface area contributed by atoms with E-state index in [1.807, 2.05) is 13.8 Å². The van der Waals surface area contributed by atoms with Crippen molar-refractivity contribution in [2.24, 2.45) is 0 Å². The predicted octanol–water partition coefficient (Wildman–Crippen LogP) is 1.65. The summed E-state index contributed by atoms with van der Waals surface area (Å²) in [6.45, 7) is 5.60. The van der Waals surface area contributed by atoms with Crippen LogP contribution in [-0.2, 0) is 0 Å². The van der Waals surface area contributed by atoms with Crippen LogP contribution in [0.2, 0.25) is 0 Å². The highest BCUT2D eigenvalue weighted by Gasteiger charge is 2.24. The molecule has 0 aliphatic rings. The lowest BCUT2D eigenvalue weighted by atomic mass is 9.99. The van der Waals surface area contributed by atoms with E-state index in [0.717, 1.165) is 9.39 Å². The molecule has 0 aromatic carbocycles. The number of rotatable bonds is 3. The van der Waals surface area contributed by atoms with E-state index in [2.05, 4.69) is 37.9 Å². The summed E-state index contributed by atoms with van der Waals surface area (Å²) in [6.07, 6.45) is 2.77. The number of nitrogens with one attached hydrogen (secondary N) is 1. The van der Waals surface area contributed by atoms with Crippen LogP contribution in [0.4, 0.5) is 5.82 Å². The van der Waals surface area contributed by atoms with Gasteiger partial charge in [0, 0.05) is 6.20 Å². The van der Waals surface area contributed by atoms with E-state index < -0.39 is 11.6 Å². The number of aromatic nitrogens is 2. The molecular formula is C9H14IN3O. The van der Waals surface area contributed by atoms with E-state index in [-0.39, 0.29) is 0 Å². The van der Waals surface area contributed by atoms with Gasteiger partial charge in [0.25, 0.3) is 0 Å². The van der Waals surface area contributed by atoms with E-state index >= 15 is 0 Å². The fourth-order valence-corrected chi connectivity index (χ4v) is 1.25. The molecule has 0 bridgehead atoms. The third-order valence-electron chi connectivity index (χ3n) is 2.15. The molecule has 0 fully saturated rings. The molecule has 1 atom stereocenters. The lowest BCUT2D eigenvalue weighted by Crippen LogP contribution is -2.42. The lowest BCUT2D eigenvalue weighted by Gasteiger charge is -2.30. The summed E-state index contributed by atoms with van der Waals surface area (Å²) in [5, 5.41) is 12.7. The maximum Gasteiger partial charge on any atom is 0.143 e. The molecule has 0 saturated heterocycles. The Morgan fingerprint density at radius 3 is 2.71 bits per heavy atom. The van der Waals surface area contributed by atoms with Crippen LogP contribution in [0.25, 0.3) is 0 Å². The van der Waals surface area contributed by atoms with Gasteiger partial charge in [-0.1, -0.05) is 0 Å². The Balaban J connectivity index is 2.84. The van der Waals surface area contributed by atoms with Crippen molar-refractivity contribution in [1.29, 1.82) is 0 Å². The van der Waals surface area contributed by atoms with Gasteiger partial charge in [-0.25, -0.2) is 9.97 Å². The van der Waals surface area contributed by atoms with Gasteiger partial charge >= 0.3 is 0 Å². The number of anilines is 1. The number of hydrogen-bond donors (Lipinski definition) is 2. The van der Waals surface area contributed by atoms with Gasteiger partial charge in [0.05, 0.1) is 15.2 Å². The molecule has 1 unspecified atom stereocenters. The minimum absolute atomic E-state index is 0.395. The van der Waals surface area contributed by atoms with Gasteiger partial charge in [-0.3, -0.25) is 0 Å². The van der Waals surface area contributed by atoms with Crippen molar-refractivity contribution < 1.29 is 5.11 Å². The summed E-state index contributed by atoms with van der Waals surface area (Å²) in [5.74, 6) is 0.756. The Kier molecular flexibility index (Phi) is 3.65. The van der Waals surface area contributed by atoms with Gasteiger partial charge in [0.15, 0.2) is 0 Å². The highest BCUT2D eigenvalue weighted by Crippen LogP contribution is 2.20. The maximum atomic E-state index is 9.52. The van der Waals surface area contributed by atoms with Crippen molar-refractivity contribution >= 4 is 28.4 Å². The molecule has 0 amide bonds. The molecule has 0 radical (unpaired) electrons. The van der Waals surface area contributed by atoms with Gasteiger partial charge in [0.1, 0.15) is 12.1 Å². The molecule has 2 N–H and O–H groups in total. The molecule has 14 heavy (non-hydrogen) atoms. The smallest absolute Gasteiger partial charge is 0.143 e. The van der Waals surface area contributed by atoms with E-state index in [9.17, 15) is 5.11 Å². The zero-order chi connectivity index (χ0) is 10.8. The molecule has 0 aliphatic heterocycles. The fraction of sp³-hybridized carbons (Fsp3) is 0.556. The van der Waals surface area contributed by atoms with Crippen LogP contribution < -0.4 is 5.32 Å². The molecule has 0 aliphatic carbocycles. The van der Waals surface area contributed by atoms with Crippen molar-refractivity contribution in [2.45, 2.75) is 32.4 Å². The van der Waals surface area contributed by atoms with Crippen LogP contribution in [0.1, 0.15) is 20.8 Å². The number of nitrogens with zero attached hydrogens (tertiary/aromatic N) is 2. The number of aliphatic hydroxyl groups excluding tert-OH is 1. The zero-order valence-corrected chi connectivity index (χ0v) is 10.6. The Bertz CT molecular complexity index is 315. The van der Waals surface area contributed by atoms with Crippen LogP contribution in [0.15, 0.2) is 12.5 Å². The molecule has 4 nitrogen and oxygen atoms in total. The Morgan fingerprint density at radius 1 is 1.57 bits per heavy atom. The summed E-state index contributed by atoms with van der Waals surface area (Å²) < 4.78 is 0.943. The second-order valence-corrected chi connectivity index (χ2v) is 4.90. The second kappa shape index (κ2) is 4.39. The van der Waals surface area contributed by atoms with E-state index in [1.165, 1.54) is 6.33 Å². The minimum Gasteiger partial charge on any atom is -0.391 e. The molecule has 1 rings (SSSR count). The Labute approximate surface area is 97.3 Å². The number of hydrogen-bond acceptors (Lipinski definition) is 4. The van der Waals surface area contributed by atoms with Gasteiger partial charge < -0.3 is 10.4 Å². The van der Waals surface area contributed by atoms with Crippen LogP contribution in [-0.4, -0.2) is 26.7 Å². The van der Waals surface area contributed by atoms with Crippen molar-refractivity contribution in [1.82, 2.24) is 9.97 Å². The zero-order valence-electron chi connectivity index (χ0n) is 8.45. The van der Waals surface area contributed by atoms with Gasteiger partial charge in [-0.05, 0) is 43.4 Å². The second-order valence-electron chi connectivity index (χ2n) is 3.74. The average molecular weight is 307 g/mol. The van der Waals surface area contributed by atoms with Crippen LogP contribution in [0.5, 0.6) is 0 Å². The van der Waals surface area contributed by atoms with Crippen LogP contribution in [0.3, 0.4) is 0 Å². The van der Waals surface area contributed by atoms with Crippen LogP contribution >= 0.6 is 22.6 Å². The van der Waals surface area contributed by atoms with Gasteiger partial charge in [-0.15, -0.1) is 0 Å². The average Bonchev–Trinajstić information content (AvgIpc) is 2.08. The summed E-state index contributed by atoms with van der Waals surface area (Å²) in [4.78, 5) is 8.00. The monoisotopic (exact) mass is 307 g/mol. The molecule has 1 aromatic rings. The van der Waals surface area contributed by atoms with Gasteiger partial charge in [-0.2, -0.15) is 0 Å². The highest BCUT2D eigenvalue weighted by atomic mass is 127. The summed E-state index contributed by atoms with van der Waals surface area (Å²) in [7, 11) is 0. The third kappa shape index (κ3) is 2.78. The Hall–Kier alpha value is -0.430. The SMILES string of the molecule is CC(O)C(C)(C)Nc1ncncc1I. The molecular weight excluding hydrogens is 293 g/mol. The predicted molar refractivity (Wildman–Crippen MR) is 64.1 cm³/mol. The normalized spacial score (nSPS) is 13.8. The van der Waals surface area contributed by atoms with Crippen LogP contribution in [0, 0.1) is 3.57 Å². The highest BCUT2D eigenvalue weighted by molar-refractivity contribution is 14.1. The van der Waals surface area contributed by atoms with E-state index in [1.54, 1.807) is 13.1 Å². The first-order valence-corrected chi connectivity index (χ1v) is 5.43. The molecule has 5 heteroatoms. The van der Waals surface area contributed by atoms with E-state index in [4.69, 9.17) is 0 Å². The van der Waals surface area contributed by atoms with Gasteiger partial charge in [0.2, 0.25) is 0 Å².